The highest BCUT2D eigenvalue weighted by Gasteiger charge is 2.20. The van der Waals surface area contributed by atoms with Gasteiger partial charge in [-0.1, -0.05) is 43.7 Å². The predicted octanol–water partition coefficient (Wildman–Crippen LogP) is 4.83. The molecule has 1 N–H and O–H groups in total. The highest BCUT2D eigenvalue weighted by molar-refractivity contribution is 5.98. The Kier molecular flexibility index (Phi) is 6.96. The van der Waals surface area contributed by atoms with Gasteiger partial charge in [0.25, 0.3) is 5.91 Å². The summed E-state index contributed by atoms with van der Waals surface area (Å²) in [5.41, 5.74) is 4.36. The molecule has 0 bridgehead atoms. The van der Waals surface area contributed by atoms with E-state index in [0.717, 1.165) is 36.1 Å². The van der Waals surface area contributed by atoms with E-state index in [9.17, 15) is 9.59 Å². The molecule has 2 aromatic carbocycles. The Morgan fingerprint density at radius 1 is 1.04 bits per heavy atom. The third kappa shape index (κ3) is 5.19. The summed E-state index contributed by atoms with van der Waals surface area (Å²) in [4.78, 5) is 24.6. The van der Waals surface area contributed by atoms with Crippen LogP contribution in [0.3, 0.4) is 0 Å². The molecule has 4 nitrogen and oxygen atoms in total. The highest BCUT2D eigenvalue weighted by atomic mass is 16.5. The first-order valence-electron chi connectivity index (χ1n) is 9.09. The number of para-hydroxylation sites is 1. The molecule has 2 aromatic rings. The maximum absolute atomic E-state index is 12.4. The molecule has 26 heavy (non-hydrogen) atoms. The molecule has 0 fully saturated rings. The molecule has 0 aliphatic carbocycles. The normalized spacial score (nSPS) is 11.7. The van der Waals surface area contributed by atoms with Crippen LogP contribution in [0.25, 0.3) is 0 Å². The fraction of sp³-hybridized carbons (Fsp3) is 0.364. The van der Waals surface area contributed by atoms with Crippen molar-refractivity contribution in [1.82, 2.24) is 0 Å². The molecule has 0 aliphatic heterocycles. The molecule has 1 amide bonds. The summed E-state index contributed by atoms with van der Waals surface area (Å²) in [5, 5.41) is 2.85. The van der Waals surface area contributed by atoms with Gasteiger partial charge in [-0.25, -0.2) is 4.79 Å². The van der Waals surface area contributed by atoms with Crippen LogP contribution in [-0.2, 0) is 16.0 Å². The number of aryl methyl sites for hydroxylation is 3. The zero-order valence-electron chi connectivity index (χ0n) is 16.0. The molecular weight excluding hydrogens is 326 g/mol. The van der Waals surface area contributed by atoms with Gasteiger partial charge in [-0.2, -0.15) is 0 Å². The predicted molar refractivity (Wildman–Crippen MR) is 104 cm³/mol. The van der Waals surface area contributed by atoms with Crippen molar-refractivity contribution < 1.29 is 14.3 Å². The van der Waals surface area contributed by atoms with E-state index in [0.29, 0.717) is 5.56 Å². The first-order valence-corrected chi connectivity index (χ1v) is 9.09. The van der Waals surface area contributed by atoms with Crippen LogP contribution in [0.2, 0.25) is 0 Å². The lowest BCUT2D eigenvalue weighted by atomic mass is 10.1. The summed E-state index contributed by atoms with van der Waals surface area (Å²) < 4.78 is 5.32. The van der Waals surface area contributed by atoms with E-state index >= 15 is 0 Å². The topological polar surface area (TPSA) is 55.4 Å². The zero-order valence-corrected chi connectivity index (χ0v) is 16.0. The molecule has 138 valence electrons. The Morgan fingerprint density at radius 3 is 2.23 bits per heavy atom. The number of rotatable bonds is 7. The molecule has 1 unspecified atom stereocenters. The third-order valence-electron chi connectivity index (χ3n) is 4.39. The van der Waals surface area contributed by atoms with Crippen molar-refractivity contribution in [3.05, 3.63) is 64.7 Å². The first-order chi connectivity index (χ1) is 12.4. The second kappa shape index (κ2) is 9.18. The van der Waals surface area contributed by atoms with Crippen LogP contribution in [0.4, 0.5) is 5.69 Å². The van der Waals surface area contributed by atoms with E-state index in [-0.39, 0.29) is 5.91 Å². The average molecular weight is 353 g/mol. The third-order valence-corrected chi connectivity index (χ3v) is 4.39. The number of unbranched alkanes of at least 4 members (excludes halogenated alkanes) is 1. The first kappa shape index (κ1) is 19.7. The highest BCUT2D eigenvalue weighted by Crippen LogP contribution is 2.20. The van der Waals surface area contributed by atoms with Crippen LogP contribution < -0.4 is 5.32 Å². The number of benzene rings is 2. The van der Waals surface area contributed by atoms with Crippen molar-refractivity contribution in [2.24, 2.45) is 0 Å². The summed E-state index contributed by atoms with van der Waals surface area (Å²) in [5.74, 6) is -0.827. The van der Waals surface area contributed by atoms with Gasteiger partial charge in [0.05, 0.1) is 5.56 Å². The largest absolute Gasteiger partial charge is 0.449 e. The van der Waals surface area contributed by atoms with E-state index in [2.05, 4.69) is 12.2 Å². The number of hydrogen-bond donors (Lipinski definition) is 1. The summed E-state index contributed by atoms with van der Waals surface area (Å²) >= 11 is 0. The molecule has 1 atom stereocenters. The standard InChI is InChI=1S/C22H27NO3/c1-5-6-10-18-11-13-19(14-12-18)22(25)26-17(4)21(24)23-20-15(2)8-7-9-16(20)3/h7-9,11-14,17H,5-6,10H2,1-4H3,(H,23,24). The number of carbonyl (C=O) groups excluding carboxylic acids is 2. The molecule has 0 aliphatic rings. The monoisotopic (exact) mass is 353 g/mol. The van der Waals surface area contributed by atoms with Crippen LogP contribution in [0.15, 0.2) is 42.5 Å². The lowest BCUT2D eigenvalue weighted by Gasteiger charge is -2.16. The summed E-state index contributed by atoms with van der Waals surface area (Å²) in [6.45, 7) is 7.59. The van der Waals surface area contributed by atoms with Crippen molar-refractivity contribution in [3.63, 3.8) is 0 Å². The van der Waals surface area contributed by atoms with Gasteiger partial charge in [-0.15, -0.1) is 0 Å². The Bertz CT molecular complexity index is 745. The number of amides is 1. The maximum Gasteiger partial charge on any atom is 0.338 e. The van der Waals surface area contributed by atoms with Gasteiger partial charge in [0, 0.05) is 5.69 Å². The minimum Gasteiger partial charge on any atom is -0.449 e. The minimum atomic E-state index is -0.874. The van der Waals surface area contributed by atoms with Gasteiger partial charge in [0.15, 0.2) is 6.10 Å². The quantitative estimate of drug-likeness (QED) is 0.725. The van der Waals surface area contributed by atoms with E-state index in [1.807, 2.05) is 44.2 Å². The van der Waals surface area contributed by atoms with Crippen molar-refractivity contribution in [2.75, 3.05) is 5.32 Å². The van der Waals surface area contributed by atoms with Gasteiger partial charge >= 0.3 is 5.97 Å². The van der Waals surface area contributed by atoms with Gasteiger partial charge in [0.1, 0.15) is 0 Å². The Balaban J connectivity index is 1.96. The lowest BCUT2D eigenvalue weighted by Crippen LogP contribution is -2.30. The summed E-state index contributed by atoms with van der Waals surface area (Å²) in [7, 11) is 0. The van der Waals surface area contributed by atoms with Gasteiger partial charge < -0.3 is 10.1 Å². The van der Waals surface area contributed by atoms with Crippen molar-refractivity contribution in [1.29, 1.82) is 0 Å². The number of carbonyl (C=O) groups is 2. The van der Waals surface area contributed by atoms with Gasteiger partial charge in [0.2, 0.25) is 0 Å². The van der Waals surface area contributed by atoms with E-state index < -0.39 is 12.1 Å². The fourth-order valence-corrected chi connectivity index (χ4v) is 2.71. The van der Waals surface area contributed by atoms with Crippen LogP contribution in [-0.4, -0.2) is 18.0 Å². The van der Waals surface area contributed by atoms with Gasteiger partial charge in [-0.05, 0) is 62.4 Å². The minimum absolute atomic E-state index is 0.338. The van der Waals surface area contributed by atoms with Crippen LogP contribution in [0.1, 0.15) is 53.7 Å². The van der Waals surface area contributed by atoms with E-state index in [4.69, 9.17) is 4.74 Å². The molecule has 0 radical (unpaired) electrons. The average Bonchev–Trinajstić information content (AvgIpc) is 2.63. The molecule has 0 saturated carbocycles. The Morgan fingerprint density at radius 2 is 1.65 bits per heavy atom. The molecule has 0 heterocycles. The smallest absolute Gasteiger partial charge is 0.338 e. The second-order valence-corrected chi connectivity index (χ2v) is 6.60. The van der Waals surface area contributed by atoms with Crippen molar-refractivity contribution >= 4 is 17.6 Å². The second-order valence-electron chi connectivity index (χ2n) is 6.60. The van der Waals surface area contributed by atoms with Crippen molar-refractivity contribution in [3.8, 4) is 0 Å². The fourth-order valence-electron chi connectivity index (χ4n) is 2.71. The number of anilines is 1. The van der Waals surface area contributed by atoms with Crippen LogP contribution in [0.5, 0.6) is 0 Å². The molecule has 0 spiro atoms. The SMILES string of the molecule is CCCCc1ccc(C(=O)OC(C)C(=O)Nc2c(C)cccc2C)cc1. The molecular formula is C22H27NO3. The molecule has 0 saturated heterocycles. The Labute approximate surface area is 155 Å². The number of esters is 1. The maximum atomic E-state index is 12.4. The van der Waals surface area contributed by atoms with E-state index in [1.165, 1.54) is 5.56 Å². The van der Waals surface area contributed by atoms with Crippen LogP contribution >= 0.6 is 0 Å². The molecule has 0 aromatic heterocycles. The van der Waals surface area contributed by atoms with Crippen molar-refractivity contribution in [2.45, 2.75) is 53.1 Å². The summed E-state index contributed by atoms with van der Waals surface area (Å²) in [6, 6.07) is 13.2. The number of ether oxygens (including phenoxy) is 1. The molecule has 2 rings (SSSR count). The summed E-state index contributed by atoms with van der Waals surface area (Å²) in [6.07, 6.45) is 2.39. The molecule has 4 heteroatoms. The van der Waals surface area contributed by atoms with E-state index in [1.54, 1.807) is 19.1 Å². The number of hydrogen-bond acceptors (Lipinski definition) is 3. The lowest BCUT2D eigenvalue weighted by molar-refractivity contribution is -0.123. The Hall–Kier alpha value is -2.62. The number of nitrogens with one attached hydrogen (secondary N) is 1. The van der Waals surface area contributed by atoms with Gasteiger partial charge in [-0.3, -0.25) is 4.79 Å². The zero-order chi connectivity index (χ0) is 19.1. The van der Waals surface area contributed by atoms with Crippen LogP contribution in [0, 0.1) is 13.8 Å².